The molecule has 0 radical (unpaired) electrons. The molecule has 25 heavy (non-hydrogen) atoms. The average molecular weight is 342 g/mol. The van der Waals surface area contributed by atoms with Gasteiger partial charge in [0.15, 0.2) is 0 Å². The summed E-state index contributed by atoms with van der Waals surface area (Å²) >= 11 is 0. The van der Waals surface area contributed by atoms with Gasteiger partial charge in [0.05, 0.1) is 19.4 Å². The van der Waals surface area contributed by atoms with Crippen molar-refractivity contribution < 1.29 is 4.74 Å². The smallest absolute Gasteiger partial charge is 0.225 e. The Bertz CT molecular complexity index is 692. The molecule has 134 valence electrons. The number of nitrogens with one attached hydrogen (secondary N) is 1. The van der Waals surface area contributed by atoms with E-state index in [1.165, 1.54) is 17.7 Å². The van der Waals surface area contributed by atoms with Crippen molar-refractivity contribution in [1.29, 1.82) is 0 Å². The van der Waals surface area contributed by atoms with Crippen LogP contribution < -0.4 is 10.2 Å². The van der Waals surface area contributed by atoms with Crippen molar-refractivity contribution in [3.05, 3.63) is 35.4 Å². The highest BCUT2D eigenvalue weighted by Crippen LogP contribution is 2.29. The molecule has 3 heterocycles. The number of aromatic nitrogens is 4. The van der Waals surface area contributed by atoms with E-state index in [1.54, 1.807) is 0 Å². The number of anilines is 1. The number of nitrogens with zero attached hydrogens (tertiary/aromatic N) is 5. The van der Waals surface area contributed by atoms with Crippen molar-refractivity contribution in [1.82, 2.24) is 25.1 Å². The van der Waals surface area contributed by atoms with Gasteiger partial charge in [0, 0.05) is 61.4 Å². The van der Waals surface area contributed by atoms with Gasteiger partial charge in [-0.3, -0.25) is 4.68 Å². The van der Waals surface area contributed by atoms with E-state index in [0.29, 0.717) is 6.04 Å². The highest BCUT2D eigenvalue weighted by Gasteiger charge is 2.23. The third kappa shape index (κ3) is 3.52. The largest absolute Gasteiger partial charge is 0.378 e. The Morgan fingerprint density at radius 2 is 2.00 bits per heavy atom. The SMILES string of the molecule is CCn1ncc2c1CCC[C@@H]2NCc1cnc(N2CCOCC2)nc1. The average Bonchev–Trinajstić information content (AvgIpc) is 3.11. The number of aryl methyl sites for hydroxylation is 1. The molecule has 7 nitrogen and oxygen atoms in total. The lowest BCUT2D eigenvalue weighted by atomic mass is 9.93. The van der Waals surface area contributed by atoms with Gasteiger partial charge in [-0.2, -0.15) is 5.10 Å². The molecule has 1 fully saturated rings. The van der Waals surface area contributed by atoms with Crippen LogP contribution in [0.4, 0.5) is 5.95 Å². The zero-order valence-electron chi connectivity index (χ0n) is 14.8. The molecule has 0 unspecified atom stereocenters. The maximum atomic E-state index is 5.38. The first-order valence-electron chi connectivity index (χ1n) is 9.26. The lowest BCUT2D eigenvalue weighted by molar-refractivity contribution is 0.122. The van der Waals surface area contributed by atoms with Crippen LogP contribution in [0.25, 0.3) is 0 Å². The van der Waals surface area contributed by atoms with E-state index >= 15 is 0 Å². The molecular weight excluding hydrogens is 316 g/mol. The summed E-state index contributed by atoms with van der Waals surface area (Å²) in [6, 6.07) is 0.378. The fraction of sp³-hybridized carbons (Fsp3) is 0.611. The van der Waals surface area contributed by atoms with Crippen molar-refractivity contribution in [2.75, 3.05) is 31.2 Å². The fourth-order valence-corrected chi connectivity index (χ4v) is 3.71. The molecule has 0 aromatic carbocycles. The lowest BCUT2D eigenvalue weighted by Gasteiger charge is -2.27. The molecule has 1 aliphatic carbocycles. The quantitative estimate of drug-likeness (QED) is 0.892. The van der Waals surface area contributed by atoms with E-state index in [1.807, 2.05) is 18.6 Å². The number of morpholine rings is 1. The molecule has 0 spiro atoms. The molecule has 2 aromatic heterocycles. The molecule has 2 aliphatic rings. The van der Waals surface area contributed by atoms with E-state index in [4.69, 9.17) is 4.74 Å². The molecular formula is C18H26N6O. The predicted molar refractivity (Wildman–Crippen MR) is 95.5 cm³/mol. The number of hydrogen-bond donors (Lipinski definition) is 1. The Kier molecular flexibility index (Phi) is 4.94. The predicted octanol–water partition coefficient (Wildman–Crippen LogP) is 1.70. The maximum absolute atomic E-state index is 5.38. The third-order valence-corrected chi connectivity index (χ3v) is 5.10. The van der Waals surface area contributed by atoms with Crippen LogP contribution in [-0.2, 0) is 24.2 Å². The molecule has 1 saturated heterocycles. The summed E-state index contributed by atoms with van der Waals surface area (Å²) in [5.74, 6) is 0.802. The topological polar surface area (TPSA) is 68.1 Å². The lowest BCUT2D eigenvalue weighted by Crippen LogP contribution is -2.37. The molecule has 0 amide bonds. The van der Waals surface area contributed by atoms with Gasteiger partial charge in [-0.15, -0.1) is 0 Å². The van der Waals surface area contributed by atoms with Crippen LogP contribution in [0.1, 0.15) is 42.6 Å². The van der Waals surface area contributed by atoms with Crippen LogP contribution in [0, 0.1) is 0 Å². The zero-order chi connectivity index (χ0) is 17.1. The first-order valence-corrected chi connectivity index (χ1v) is 9.26. The normalized spacial score (nSPS) is 20.5. The van der Waals surface area contributed by atoms with Gasteiger partial charge in [-0.1, -0.05) is 0 Å². The summed E-state index contributed by atoms with van der Waals surface area (Å²) in [6.07, 6.45) is 9.42. The summed E-state index contributed by atoms with van der Waals surface area (Å²) in [7, 11) is 0. The van der Waals surface area contributed by atoms with E-state index in [2.05, 4.69) is 36.9 Å². The van der Waals surface area contributed by atoms with Crippen LogP contribution in [-0.4, -0.2) is 46.1 Å². The second-order valence-electron chi connectivity index (χ2n) is 6.68. The van der Waals surface area contributed by atoms with Gasteiger partial charge < -0.3 is 15.0 Å². The molecule has 7 heteroatoms. The van der Waals surface area contributed by atoms with Crippen molar-refractivity contribution in [2.45, 2.75) is 45.3 Å². The maximum Gasteiger partial charge on any atom is 0.225 e. The van der Waals surface area contributed by atoms with Crippen LogP contribution >= 0.6 is 0 Å². The molecule has 1 atom stereocenters. The first kappa shape index (κ1) is 16.5. The number of rotatable bonds is 5. The minimum Gasteiger partial charge on any atom is -0.378 e. The van der Waals surface area contributed by atoms with Crippen LogP contribution in [0.2, 0.25) is 0 Å². The monoisotopic (exact) mass is 342 g/mol. The van der Waals surface area contributed by atoms with Crippen LogP contribution in [0.15, 0.2) is 18.6 Å². The van der Waals surface area contributed by atoms with Crippen molar-refractivity contribution in [3.8, 4) is 0 Å². The minimum atomic E-state index is 0.378. The zero-order valence-corrected chi connectivity index (χ0v) is 14.8. The summed E-state index contributed by atoms with van der Waals surface area (Å²) in [6.45, 7) is 7.11. The molecule has 4 rings (SSSR count). The Labute approximate surface area is 148 Å². The van der Waals surface area contributed by atoms with E-state index in [9.17, 15) is 0 Å². The first-order chi connectivity index (χ1) is 12.3. The molecule has 0 saturated carbocycles. The Morgan fingerprint density at radius 3 is 2.76 bits per heavy atom. The highest BCUT2D eigenvalue weighted by atomic mass is 16.5. The minimum absolute atomic E-state index is 0.378. The van der Waals surface area contributed by atoms with Gasteiger partial charge in [0.1, 0.15) is 0 Å². The van der Waals surface area contributed by atoms with Gasteiger partial charge >= 0.3 is 0 Å². The highest BCUT2D eigenvalue weighted by molar-refractivity contribution is 5.30. The van der Waals surface area contributed by atoms with Crippen molar-refractivity contribution >= 4 is 5.95 Å². The molecule has 0 bridgehead atoms. The van der Waals surface area contributed by atoms with Gasteiger partial charge in [-0.25, -0.2) is 9.97 Å². The Balaban J connectivity index is 1.38. The third-order valence-electron chi connectivity index (χ3n) is 5.10. The Morgan fingerprint density at radius 1 is 1.20 bits per heavy atom. The molecule has 2 aromatic rings. The molecule has 1 aliphatic heterocycles. The van der Waals surface area contributed by atoms with Crippen LogP contribution in [0.5, 0.6) is 0 Å². The number of fused-ring (bicyclic) bond motifs is 1. The van der Waals surface area contributed by atoms with Crippen LogP contribution in [0.3, 0.4) is 0 Å². The summed E-state index contributed by atoms with van der Waals surface area (Å²) in [4.78, 5) is 11.2. The van der Waals surface area contributed by atoms with Gasteiger partial charge in [0.2, 0.25) is 5.95 Å². The van der Waals surface area contributed by atoms with E-state index in [0.717, 1.165) is 63.7 Å². The summed E-state index contributed by atoms with van der Waals surface area (Å²) in [5.41, 5.74) is 3.87. The fourth-order valence-electron chi connectivity index (χ4n) is 3.71. The Hall–Kier alpha value is -1.99. The number of hydrogen-bond acceptors (Lipinski definition) is 6. The second kappa shape index (κ2) is 7.49. The number of ether oxygens (including phenoxy) is 1. The standard InChI is InChI=1S/C18H26N6O/c1-2-24-17-5-3-4-16(15(17)13-22-24)19-10-14-11-20-18(21-12-14)23-6-8-25-9-7-23/h11-13,16,19H,2-10H2,1H3/t16-/m0/s1. The van der Waals surface area contributed by atoms with E-state index in [-0.39, 0.29) is 0 Å². The van der Waals surface area contributed by atoms with Gasteiger partial charge in [-0.05, 0) is 26.2 Å². The van der Waals surface area contributed by atoms with E-state index < -0.39 is 0 Å². The summed E-state index contributed by atoms with van der Waals surface area (Å²) < 4.78 is 7.50. The van der Waals surface area contributed by atoms with Crippen molar-refractivity contribution in [2.24, 2.45) is 0 Å². The summed E-state index contributed by atoms with van der Waals surface area (Å²) in [5, 5.41) is 8.18. The second-order valence-corrected chi connectivity index (χ2v) is 6.68. The molecule has 1 N–H and O–H groups in total. The van der Waals surface area contributed by atoms with Crippen molar-refractivity contribution in [3.63, 3.8) is 0 Å². The van der Waals surface area contributed by atoms with Gasteiger partial charge in [0.25, 0.3) is 0 Å².